The third kappa shape index (κ3) is 5.57. The van der Waals surface area contributed by atoms with Crippen LogP contribution >= 0.6 is 0 Å². The van der Waals surface area contributed by atoms with Gasteiger partial charge in [0.05, 0.1) is 12.7 Å². The number of hydrogen-bond donors (Lipinski definition) is 2. The number of methoxy groups -OCH3 is 1. The van der Waals surface area contributed by atoms with E-state index in [4.69, 9.17) is 4.74 Å². The fourth-order valence-corrected chi connectivity index (χ4v) is 3.03. The van der Waals surface area contributed by atoms with E-state index in [0.29, 0.717) is 29.9 Å². The van der Waals surface area contributed by atoms with Crippen molar-refractivity contribution in [3.05, 3.63) is 77.0 Å². The van der Waals surface area contributed by atoms with E-state index in [1.165, 1.54) is 17.9 Å². The lowest BCUT2D eigenvalue weighted by Gasteiger charge is -2.08. The van der Waals surface area contributed by atoms with Crippen molar-refractivity contribution in [2.75, 3.05) is 17.7 Å². The molecule has 3 rings (SSSR count). The first-order chi connectivity index (χ1) is 14.9. The SMILES string of the molecule is COC(=O)c1cc(NC(=O)c2cc(NC(=O)CCc3ccccc3)n(C)n2)ccc1C. The van der Waals surface area contributed by atoms with Crippen LogP contribution in [0.4, 0.5) is 11.5 Å². The number of rotatable bonds is 7. The molecule has 31 heavy (non-hydrogen) atoms. The molecule has 2 N–H and O–H groups in total. The highest BCUT2D eigenvalue weighted by molar-refractivity contribution is 6.04. The molecule has 0 aliphatic rings. The van der Waals surface area contributed by atoms with E-state index in [9.17, 15) is 14.4 Å². The predicted octanol–water partition coefficient (Wildman–Crippen LogP) is 3.34. The molecule has 2 aromatic carbocycles. The topological polar surface area (TPSA) is 102 Å². The third-order valence-electron chi connectivity index (χ3n) is 4.76. The van der Waals surface area contributed by atoms with Gasteiger partial charge in [0.25, 0.3) is 5.91 Å². The van der Waals surface area contributed by atoms with Gasteiger partial charge in [0, 0.05) is 25.2 Å². The number of anilines is 2. The van der Waals surface area contributed by atoms with Crippen LogP contribution in [0, 0.1) is 6.92 Å². The Labute approximate surface area is 180 Å². The molecule has 0 bridgehead atoms. The van der Waals surface area contributed by atoms with Gasteiger partial charge in [-0.1, -0.05) is 36.4 Å². The molecule has 0 saturated heterocycles. The van der Waals surface area contributed by atoms with Crippen LogP contribution in [0.3, 0.4) is 0 Å². The van der Waals surface area contributed by atoms with Gasteiger partial charge in [-0.15, -0.1) is 0 Å². The zero-order chi connectivity index (χ0) is 22.4. The number of benzene rings is 2. The maximum atomic E-state index is 12.6. The summed E-state index contributed by atoms with van der Waals surface area (Å²) < 4.78 is 6.19. The fraction of sp³-hybridized carbons (Fsp3) is 0.217. The summed E-state index contributed by atoms with van der Waals surface area (Å²) in [5, 5.41) is 9.66. The molecule has 1 heterocycles. The summed E-state index contributed by atoms with van der Waals surface area (Å²) in [6.45, 7) is 1.78. The standard InChI is InChI=1S/C23H24N4O4/c1-15-9-11-17(13-18(15)23(30)31-3)24-22(29)19-14-20(27(2)26-19)25-21(28)12-10-16-7-5-4-6-8-16/h4-9,11,13-14H,10,12H2,1-3H3,(H,24,29)(H,25,28). The van der Waals surface area contributed by atoms with E-state index in [1.54, 1.807) is 32.2 Å². The lowest BCUT2D eigenvalue weighted by Crippen LogP contribution is -2.14. The van der Waals surface area contributed by atoms with Crippen molar-refractivity contribution in [3.8, 4) is 0 Å². The van der Waals surface area contributed by atoms with Crippen LogP contribution in [0.2, 0.25) is 0 Å². The Morgan fingerprint density at radius 2 is 1.77 bits per heavy atom. The second-order valence-corrected chi connectivity index (χ2v) is 7.05. The Morgan fingerprint density at radius 3 is 2.48 bits per heavy atom. The van der Waals surface area contributed by atoms with Crippen molar-refractivity contribution < 1.29 is 19.1 Å². The highest BCUT2D eigenvalue weighted by atomic mass is 16.5. The monoisotopic (exact) mass is 420 g/mol. The van der Waals surface area contributed by atoms with Gasteiger partial charge in [-0.05, 0) is 36.6 Å². The van der Waals surface area contributed by atoms with E-state index < -0.39 is 11.9 Å². The highest BCUT2D eigenvalue weighted by Crippen LogP contribution is 2.18. The molecule has 8 heteroatoms. The number of carbonyl (C=O) groups is 3. The second-order valence-electron chi connectivity index (χ2n) is 7.05. The largest absolute Gasteiger partial charge is 0.465 e. The molecule has 1 aromatic heterocycles. The number of nitrogens with zero attached hydrogens (tertiary/aromatic N) is 2. The zero-order valence-electron chi connectivity index (χ0n) is 17.6. The Kier molecular flexibility index (Phi) is 6.81. The van der Waals surface area contributed by atoms with Crippen molar-refractivity contribution >= 4 is 29.3 Å². The number of ether oxygens (including phenoxy) is 1. The summed E-state index contributed by atoms with van der Waals surface area (Å²) in [4.78, 5) is 36.7. The average Bonchev–Trinajstić information content (AvgIpc) is 3.14. The van der Waals surface area contributed by atoms with Crippen LogP contribution in [0.1, 0.15) is 38.4 Å². The molecule has 0 saturated carbocycles. The van der Waals surface area contributed by atoms with Crippen LogP contribution in [-0.2, 0) is 23.0 Å². The lowest BCUT2D eigenvalue weighted by molar-refractivity contribution is -0.116. The van der Waals surface area contributed by atoms with Gasteiger partial charge in [-0.25, -0.2) is 4.79 Å². The molecule has 0 radical (unpaired) electrons. The fourth-order valence-electron chi connectivity index (χ4n) is 3.03. The first-order valence-corrected chi connectivity index (χ1v) is 9.75. The normalized spacial score (nSPS) is 10.4. The number of amides is 2. The van der Waals surface area contributed by atoms with Crippen molar-refractivity contribution in [2.24, 2.45) is 7.05 Å². The smallest absolute Gasteiger partial charge is 0.338 e. The quantitative estimate of drug-likeness (QED) is 0.571. The minimum absolute atomic E-state index is 0.140. The van der Waals surface area contributed by atoms with Crippen LogP contribution < -0.4 is 10.6 Å². The molecule has 160 valence electrons. The molecule has 2 amide bonds. The van der Waals surface area contributed by atoms with Gasteiger partial charge in [0.15, 0.2) is 5.69 Å². The molecule has 0 fully saturated rings. The van der Waals surface area contributed by atoms with Crippen LogP contribution in [0.25, 0.3) is 0 Å². The van der Waals surface area contributed by atoms with Gasteiger partial charge in [0.1, 0.15) is 5.82 Å². The molecule has 3 aromatic rings. The average molecular weight is 420 g/mol. The molecule has 0 atom stereocenters. The summed E-state index contributed by atoms with van der Waals surface area (Å²) in [7, 11) is 2.95. The lowest BCUT2D eigenvalue weighted by atomic mass is 10.1. The highest BCUT2D eigenvalue weighted by Gasteiger charge is 2.16. The number of aromatic nitrogens is 2. The van der Waals surface area contributed by atoms with Gasteiger partial charge in [0.2, 0.25) is 5.91 Å². The molecule has 8 nitrogen and oxygen atoms in total. The molecule has 0 aliphatic carbocycles. The minimum Gasteiger partial charge on any atom is -0.465 e. The van der Waals surface area contributed by atoms with Crippen LogP contribution in [0.15, 0.2) is 54.6 Å². The van der Waals surface area contributed by atoms with Gasteiger partial charge in [-0.2, -0.15) is 5.10 Å². The maximum absolute atomic E-state index is 12.6. The zero-order valence-corrected chi connectivity index (χ0v) is 17.6. The number of esters is 1. The predicted molar refractivity (Wildman–Crippen MR) is 117 cm³/mol. The first-order valence-electron chi connectivity index (χ1n) is 9.75. The Balaban J connectivity index is 1.64. The Hall–Kier alpha value is -3.94. The van der Waals surface area contributed by atoms with Crippen LogP contribution in [0.5, 0.6) is 0 Å². The van der Waals surface area contributed by atoms with Crippen LogP contribution in [-0.4, -0.2) is 34.7 Å². The first kappa shape index (κ1) is 21.8. The summed E-state index contributed by atoms with van der Waals surface area (Å²) in [6, 6.07) is 16.2. The number of aryl methyl sites for hydroxylation is 3. The minimum atomic E-state index is -0.480. The van der Waals surface area contributed by atoms with Crippen molar-refractivity contribution in [2.45, 2.75) is 19.8 Å². The summed E-state index contributed by atoms with van der Waals surface area (Å²) in [6.07, 6.45) is 0.935. The van der Waals surface area contributed by atoms with Gasteiger partial charge in [-0.3, -0.25) is 14.3 Å². The number of carbonyl (C=O) groups excluding carboxylic acids is 3. The number of nitrogens with one attached hydrogen (secondary N) is 2. The van der Waals surface area contributed by atoms with Crippen molar-refractivity contribution in [1.82, 2.24) is 9.78 Å². The molecule has 0 unspecified atom stereocenters. The van der Waals surface area contributed by atoms with E-state index >= 15 is 0 Å². The van der Waals surface area contributed by atoms with E-state index in [2.05, 4.69) is 15.7 Å². The van der Waals surface area contributed by atoms with Gasteiger partial charge >= 0.3 is 5.97 Å². The summed E-state index contributed by atoms with van der Waals surface area (Å²) in [5.74, 6) is -0.686. The molecular weight excluding hydrogens is 396 g/mol. The van der Waals surface area contributed by atoms with Crippen molar-refractivity contribution in [1.29, 1.82) is 0 Å². The third-order valence-corrected chi connectivity index (χ3v) is 4.76. The Bertz CT molecular complexity index is 1110. The molecule has 0 spiro atoms. The molecule has 0 aliphatic heterocycles. The van der Waals surface area contributed by atoms with E-state index in [-0.39, 0.29) is 11.6 Å². The van der Waals surface area contributed by atoms with E-state index in [0.717, 1.165) is 11.1 Å². The number of hydrogen-bond acceptors (Lipinski definition) is 5. The maximum Gasteiger partial charge on any atom is 0.338 e. The van der Waals surface area contributed by atoms with Crippen molar-refractivity contribution in [3.63, 3.8) is 0 Å². The molecular formula is C23H24N4O4. The Morgan fingerprint density at radius 1 is 1.03 bits per heavy atom. The van der Waals surface area contributed by atoms with Gasteiger partial charge < -0.3 is 15.4 Å². The summed E-state index contributed by atoms with van der Waals surface area (Å²) in [5.41, 5.74) is 2.76. The second kappa shape index (κ2) is 9.71. The summed E-state index contributed by atoms with van der Waals surface area (Å²) >= 11 is 0. The van der Waals surface area contributed by atoms with E-state index in [1.807, 2.05) is 30.3 Å².